The summed E-state index contributed by atoms with van der Waals surface area (Å²) in [7, 11) is 0. The first-order valence-corrected chi connectivity index (χ1v) is 10.9. The minimum atomic E-state index is -2.45. The van der Waals surface area contributed by atoms with Gasteiger partial charge in [0, 0.05) is 23.8 Å². The summed E-state index contributed by atoms with van der Waals surface area (Å²) < 4.78 is 0. The fraction of sp³-hybridized carbons (Fsp3) is 0.400. The molecule has 4 atom stereocenters. The molecule has 1 saturated carbocycles. The number of ketones is 3. The van der Waals surface area contributed by atoms with E-state index in [1.54, 1.807) is 0 Å². The highest BCUT2D eigenvalue weighted by Gasteiger charge is 2.60. The lowest BCUT2D eigenvalue weighted by atomic mass is 9.59. The van der Waals surface area contributed by atoms with E-state index in [0.717, 1.165) is 30.9 Å². The van der Waals surface area contributed by atoms with Gasteiger partial charge in [-0.3, -0.25) is 14.4 Å². The average molecular weight is 436 g/mol. The normalized spacial score (nSPS) is 31.5. The van der Waals surface area contributed by atoms with E-state index in [1.807, 2.05) is 6.07 Å². The Morgan fingerprint density at radius 3 is 2.53 bits per heavy atom. The molecule has 7 nitrogen and oxygen atoms in total. The average Bonchev–Trinajstić information content (AvgIpc) is 3.25. The monoisotopic (exact) mass is 436 g/mol. The largest absolute Gasteiger partial charge is 0.508 e. The standard InChI is InChI=1S/C25H24O7/c1-11(26)19-18(28)10-14-8-13-9-16-15(12-4-2-3-5-12)6-7-17(27)21(16)22(29)20(13)24(31)25(14,32)23(19)30/h2,4,6-7,12-14,27,29-30,32H,3,5,8-10H2,1H3. The molecular weight excluding hydrogens is 412 g/mol. The molecule has 0 aromatic heterocycles. The topological polar surface area (TPSA) is 132 Å². The van der Waals surface area contributed by atoms with Crippen LogP contribution in [0.2, 0.25) is 0 Å². The fourth-order valence-electron chi connectivity index (χ4n) is 5.99. The summed E-state index contributed by atoms with van der Waals surface area (Å²) in [4.78, 5) is 37.9. The molecule has 5 rings (SSSR count). The SMILES string of the molecule is CC(=O)C1=C(O)C2(O)C(=O)C3=C(O)c4c(O)ccc(C5C=CCC5)c4CC3CC2CC1=O. The molecule has 4 aliphatic carbocycles. The van der Waals surface area contributed by atoms with E-state index in [2.05, 4.69) is 12.2 Å². The van der Waals surface area contributed by atoms with E-state index >= 15 is 0 Å². The van der Waals surface area contributed by atoms with Gasteiger partial charge in [0.1, 0.15) is 22.8 Å². The van der Waals surface area contributed by atoms with Gasteiger partial charge in [-0.2, -0.15) is 0 Å². The van der Waals surface area contributed by atoms with Crippen molar-refractivity contribution in [1.82, 2.24) is 0 Å². The number of hydrogen-bond acceptors (Lipinski definition) is 7. The van der Waals surface area contributed by atoms with Crippen molar-refractivity contribution < 1.29 is 34.8 Å². The van der Waals surface area contributed by atoms with Gasteiger partial charge in [-0.15, -0.1) is 0 Å². The van der Waals surface area contributed by atoms with Crippen molar-refractivity contribution in [2.75, 3.05) is 0 Å². The minimum Gasteiger partial charge on any atom is -0.508 e. The first kappa shape index (κ1) is 20.7. The molecule has 0 aliphatic heterocycles. The summed E-state index contributed by atoms with van der Waals surface area (Å²) in [6.07, 6.45) is 6.35. The molecule has 7 heteroatoms. The van der Waals surface area contributed by atoms with Gasteiger partial charge in [-0.25, -0.2) is 0 Å². The second kappa shape index (κ2) is 6.90. The lowest BCUT2D eigenvalue weighted by molar-refractivity contribution is -0.147. The van der Waals surface area contributed by atoms with E-state index < -0.39 is 51.9 Å². The highest BCUT2D eigenvalue weighted by molar-refractivity contribution is 6.23. The van der Waals surface area contributed by atoms with Crippen LogP contribution in [0.3, 0.4) is 0 Å². The van der Waals surface area contributed by atoms with Crippen molar-refractivity contribution in [3.63, 3.8) is 0 Å². The maximum absolute atomic E-state index is 13.5. The Morgan fingerprint density at radius 1 is 1.12 bits per heavy atom. The van der Waals surface area contributed by atoms with Gasteiger partial charge >= 0.3 is 0 Å². The van der Waals surface area contributed by atoms with Gasteiger partial charge in [0.25, 0.3) is 0 Å². The quantitative estimate of drug-likeness (QED) is 0.414. The Bertz CT molecular complexity index is 1180. The zero-order chi connectivity index (χ0) is 22.9. The van der Waals surface area contributed by atoms with Crippen molar-refractivity contribution in [1.29, 1.82) is 0 Å². The number of aliphatic hydroxyl groups is 3. The number of carbonyl (C=O) groups is 3. The van der Waals surface area contributed by atoms with Gasteiger partial charge in [-0.05, 0) is 55.7 Å². The van der Waals surface area contributed by atoms with Crippen molar-refractivity contribution in [2.24, 2.45) is 11.8 Å². The maximum atomic E-state index is 13.5. The lowest BCUT2D eigenvalue weighted by Gasteiger charge is -2.46. The highest BCUT2D eigenvalue weighted by atomic mass is 16.3. The van der Waals surface area contributed by atoms with Gasteiger partial charge in [-0.1, -0.05) is 18.2 Å². The van der Waals surface area contributed by atoms with E-state index in [1.165, 1.54) is 6.07 Å². The van der Waals surface area contributed by atoms with Crippen LogP contribution >= 0.6 is 0 Å². The number of fused-ring (bicyclic) bond motifs is 3. The van der Waals surface area contributed by atoms with Crippen molar-refractivity contribution in [3.05, 3.63) is 57.9 Å². The molecule has 0 saturated heterocycles. The molecule has 4 aliphatic rings. The number of allylic oxidation sites excluding steroid dienone is 3. The Balaban J connectivity index is 1.69. The van der Waals surface area contributed by atoms with Crippen molar-refractivity contribution in [3.8, 4) is 5.75 Å². The van der Waals surface area contributed by atoms with E-state index in [-0.39, 0.29) is 35.6 Å². The molecular formula is C25H24O7. The Hall–Kier alpha value is -3.19. The van der Waals surface area contributed by atoms with Crippen LogP contribution in [-0.4, -0.2) is 43.4 Å². The number of phenols is 1. The zero-order valence-corrected chi connectivity index (χ0v) is 17.6. The third kappa shape index (κ3) is 2.60. The summed E-state index contributed by atoms with van der Waals surface area (Å²) in [5.41, 5.74) is -1.18. The van der Waals surface area contributed by atoms with Crippen LogP contribution in [0.1, 0.15) is 55.2 Å². The molecule has 0 spiro atoms. The van der Waals surface area contributed by atoms with E-state index in [4.69, 9.17) is 0 Å². The van der Waals surface area contributed by atoms with Crippen LogP contribution in [0.4, 0.5) is 0 Å². The molecule has 0 heterocycles. The van der Waals surface area contributed by atoms with E-state index in [9.17, 15) is 34.8 Å². The summed E-state index contributed by atoms with van der Waals surface area (Å²) in [5.74, 6) is -5.00. The van der Waals surface area contributed by atoms with Crippen molar-refractivity contribution in [2.45, 2.75) is 50.5 Å². The van der Waals surface area contributed by atoms with Crippen LogP contribution in [-0.2, 0) is 20.8 Å². The number of benzene rings is 1. The summed E-state index contributed by atoms with van der Waals surface area (Å²) >= 11 is 0. The molecule has 166 valence electrons. The number of carbonyl (C=O) groups excluding carboxylic acids is 3. The molecule has 0 amide bonds. The predicted molar refractivity (Wildman–Crippen MR) is 114 cm³/mol. The van der Waals surface area contributed by atoms with Crippen molar-refractivity contribution >= 4 is 23.1 Å². The summed E-state index contributed by atoms with van der Waals surface area (Å²) in [6, 6.07) is 3.33. The number of hydrogen-bond donors (Lipinski definition) is 4. The summed E-state index contributed by atoms with van der Waals surface area (Å²) in [5, 5.41) is 43.6. The first-order chi connectivity index (χ1) is 15.2. The van der Waals surface area contributed by atoms with Crippen LogP contribution < -0.4 is 0 Å². The minimum absolute atomic E-state index is 0.0746. The van der Waals surface area contributed by atoms with E-state index in [0.29, 0.717) is 6.42 Å². The summed E-state index contributed by atoms with van der Waals surface area (Å²) in [6.45, 7) is 1.09. The third-order valence-corrected chi connectivity index (χ3v) is 7.50. The van der Waals surface area contributed by atoms with Gasteiger partial charge in [0.05, 0.1) is 5.56 Å². The number of phenolic OH excluding ortho intramolecular Hbond substituents is 1. The van der Waals surface area contributed by atoms with Gasteiger partial charge in [0.2, 0.25) is 5.78 Å². The smallest absolute Gasteiger partial charge is 0.202 e. The number of aliphatic hydroxyl groups excluding tert-OH is 2. The van der Waals surface area contributed by atoms with Gasteiger partial charge in [0.15, 0.2) is 17.2 Å². The van der Waals surface area contributed by atoms with Gasteiger partial charge < -0.3 is 20.4 Å². The Morgan fingerprint density at radius 2 is 1.88 bits per heavy atom. The number of rotatable bonds is 2. The Labute approximate surface area is 184 Å². The third-order valence-electron chi connectivity index (χ3n) is 7.50. The second-order valence-corrected chi connectivity index (χ2v) is 9.24. The highest BCUT2D eigenvalue weighted by Crippen LogP contribution is 2.53. The molecule has 1 fully saturated rings. The Kier molecular flexibility index (Phi) is 4.47. The number of Topliss-reactive ketones (excluding diaryl/α,β-unsaturated/α-hetero) is 3. The predicted octanol–water partition coefficient (Wildman–Crippen LogP) is 2.96. The molecule has 1 aromatic carbocycles. The molecule has 0 bridgehead atoms. The lowest BCUT2D eigenvalue weighted by Crippen LogP contribution is -2.57. The fourth-order valence-corrected chi connectivity index (χ4v) is 5.99. The molecule has 1 aromatic rings. The second-order valence-electron chi connectivity index (χ2n) is 9.24. The van der Waals surface area contributed by atoms with Crippen LogP contribution in [0.5, 0.6) is 5.75 Å². The molecule has 4 N–H and O–H groups in total. The number of aromatic hydroxyl groups is 1. The zero-order valence-electron chi connectivity index (χ0n) is 17.6. The maximum Gasteiger partial charge on any atom is 0.202 e. The first-order valence-electron chi connectivity index (χ1n) is 10.9. The van der Waals surface area contributed by atoms with Crippen LogP contribution in [0, 0.1) is 11.8 Å². The van der Waals surface area contributed by atoms with Crippen LogP contribution in [0.25, 0.3) is 5.76 Å². The van der Waals surface area contributed by atoms with Crippen LogP contribution in [0.15, 0.2) is 41.2 Å². The molecule has 4 unspecified atom stereocenters. The molecule has 32 heavy (non-hydrogen) atoms. The molecule has 0 radical (unpaired) electrons.